The van der Waals surface area contributed by atoms with Crippen LogP contribution in [-0.2, 0) is 9.59 Å². The summed E-state index contributed by atoms with van der Waals surface area (Å²) in [7, 11) is 8.13. The molecular weight excluding hydrogens is 268 g/mol. The maximum atomic E-state index is 12.2. The van der Waals surface area contributed by atoms with Gasteiger partial charge in [0.25, 0.3) is 0 Å². The molecule has 0 aliphatic heterocycles. The molecular formula is C15H32N4O2. The lowest BCUT2D eigenvalue weighted by Crippen LogP contribution is -2.35. The van der Waals surface area contributed by atoms with Crippen LogP contribution in [-0.4, -0.2) is 80.9 Å². The summed E-state index contributed by atoms with van der Waals surface area (Å²) in [5, 5.41) is 0. The van der Waals surface area contributed by atoms with Crippen LogP contribution in [0.4, 0.5) is 0 Å². The Bertz CT molecular complexity index is 292. The molecule has 0 aliphatic rings. The molecule has 2 N–H and O–H groups in total. The Balaban J connectivity index is 4.19. The lowest BCUT2D eigenvalue weighted by atomic mass is 10.2. The standard InChI is InChI=1S/C15H32N4O2/c1-17(2)10-6-12-19(13-7-11-18(3)4)15(21)9-5-8-14(16)20/h5-13H2,1-4H3,(H2,16,20). The second-order valence-electron chi connectivity index (χ2n) is 6.01. The third kappa shape index (κ3) is 12.3. The average molecular weight is 300 g/mol. The molecule has 0 spiro atoms. The fourth-order valence-corrected chi connectivity index (χ4v) is 2.09. The van der Waals surface area contributed by atoms with Crippen molar-refractivity contribution in [1.29, 1.82) is 0 Å². The zero-order valence-electron chi connectivity index (χ0n) is 14.1. The maximum absolute atomic E-state index is 12.2. The van der Waals surface area contributed by atoms with E-state index in [-0.39, 0.29) is 18.2 Å². The van der Waals surface area contributed by atoms with Crippen molar-refractivity contribution in [2.45, 2.75) is 32.1 Å². The normalized spacial score (nSPS) is 11.1. The van der Waals surface area contributed by atoms with Crippen molar-refractivity contribution in [2.24, 2.45) is 5.73 Å². The summed E-state index contributed by atoms with van der Waals surface area (Å²) in [5.41, 5.74) is 5.11. The Kier molecular flexibility index (Phi) is 10.9. The quantitative estimate of drug-likeness (QED) is 0.565. The molecule has 0 aromatic carbocycles. The molecule has 6 nitrogen and oxygen atoms in total. The lowest BCUT2D eigenvalue weighted by Gasteiger charge is -2.24. The second-order valence-corrected chi connectivity index (χ2v) is 6.01. The molecule has 2 amide bonds. The highest BCUT2D eigenvalue weighted by Gasteiger charge is 2.13. The molecule has 0 aromatic heterocycles. The predicted octanol–water partition coefficient (Wildman–Crippen LogP) is 0.374. The van der Waals surface area contributed by atoms with E-state index in [0.29, 0.717) is 12.8 Å². The number of rotatable bonds is 12. The largest absolute Gasteiger partial charge is 0.370 e. The zero-order valence-corrected chi connectivity index (χ0v) is 14.1. The van der Waals surface area contributed by atoms with Crippen molar-refractivity contribution >= 4 is 11.8 Å². The van der Waals surface area contributed by atoms with Crippen LogP contribution in [0.15, 0.2) is 0 Å². The number of hydrogen-bond donors (Lipinski definition) is 1. The summed E-state index contributed by atoms with van der Waals surface area (Å²) in [6.45, 7) is 3.50. The summed E-state index contributed by atoms with van der Waals surface area (Å²) in [6.07, 6.45) is 3.18. The van der Waals surface area contributed by atoms with Gasteiger partial charge in [0.05, 0.1) is 0 Å². The molecule has 0 rings (SSSR count). The van der Waals surface area contributed by atoms with Crippen molar-refractivity contribution in [3.63, 3.8) is 0 Å². The summed E-state index contributed by atoms with van der Waals surface area (Å²) in [4.78, 5) is 29.1. The zero-order chi connectivity index (χ0) is 16.3. The molecule has 124 valence electrons. The molecule has 0 saturated heterocycles. The van der Waals surface area contributed by atoms with Crippen LogP contribution in [0.2, 0.25) is 0 Å². The topological polar surface area (TPSA) is 69.9 Å². The summed E-state index contributed by atoms with van der Waals surface area (Å²) in [5.74, 6) is -0.205. The first-order valence-corrected chi connectivity index (χ1v) is 7.68. The van der Waals surface area contributed by atoms with Gasteiger partial charge in [-0.25, -0.2) is 0 Å². The number of nitrogens with two attached hydrogens (primary N) is 1. The minimum absolute atomic E-state index is 0.133. The molecule has 0 radical (unpaired) electrons. The summed E-state index contributed by atoms with van der Waals surface area (Å²) in [6, 6.07) is 0. The van der Waals surface area contributed by atoms with E-state index in [1.165, 1.54) is 0 Å². The first-order chi connectivity index (χ1) is 9.82. The van der Waals surface area contributed by atoms with Gasteiger partial charge in [0.1, 0.15) is 0 Å². The van der Waals surface area contributed by atoms with Gasteiger partial charge in [-0.05, 0) is 60.5 Å². The third-order valence-corrected chi connectivity index (χ3v) is 3.23. The monoisotopic (exact) mass is 300 g/mol. The van der Waals surface area contributed by atoms with E-state index in [2.05, 4.69) is 9.80 Å². The Morgan fingerprint density at radius 1 is 0.762 bits per heavy atom. The van der Waals surface area contributed by atoms with Gasteiger partial charge in [-0.3, -0.25) is 9.59 Å². The fourth-order valence-electron chi connectivity index (χ4n) is 2.09. The van der Waals surface area contributed by atoms with Crippen molar-refractivity contribution in [3.05, 3.63) is 0 Å². The number of primary amides is 1. The molecule has 0 atom stereocenters. The lowest BCUT2D eigenvalue weighted by molar-refractivity contribution is -0.131. The van der Waals surface area contributed by atoms with Crippen LogP contribution < -0.4 is 5.73 Å². The highest BCUT2D eigenvalue weighted by Crippen LogP contribution is 2.04. The first-order valence-electron chi connectivity index (χ1n) is 7.68. The van der Waals surface area contributed by atoms with E-state index < -0.39 is 0 Å². The van der Waals surface area contributed by atoms with Crippen LogP contribution in [0.3, 0.4) is 0 Å². The molecule has 0 fully saturated rings. The van der Waals surface area contributed by atoms with E-state index in [4.69, 9.17) is 5.73 Å². The molecule has 0 unspecified atom stereocenters. The van der Waals surface area contributed by atoms with E-state index in [1.807, 2.05) is 33.1 Å². The number of amides is 2. The summed E-state index contributed by atoms with van der Waals surface area (Å²) >= 11 is 0. The van der Waals surface area contributed by atoms with Crippen LogP contribution in [0.1, 0.15) is 32.1 Å². The Hall–Kier alpha value is -1.14. The molecule has 0 aliphatic carbocycles. The highest BCUT2D eigenvalue weighted by molar-refractivity contribution is 5.78. The second kappa shape index (κ2) is 11.5. The van der Waals surface area contributed by atoms with Gasteiger partial charge in [-0.2, -0.15) is 0 Å². The average Bonchev–Trinajstić information content (AvgIpc) is 2.35. The predicted molar refractivity (Wildman–Crippen MR) is 86.0 cm³/mol. The van der Waals surface area contributed by atoms with Gasteiger partial charge in [0, 0.05) is 25.9 Å². The number of carbonyl (C=O) groups is 2. The Morgan fingerprint density at radius 2 is 1.24 bits per heavy atom. The van der Waals surface area contributed by atoms with Gasteiger partial charge in [-0.15, -0.1) is 0 Å². The Labute approximate surface area is 129 Å². The molecule has 6 heteroatoms. The molecule has 0 saturated carbocycles. The van der Waals surface area contributed by atoms with E-state index in [9.17, 15) is 9.59 Å². The molecule has 0 heterocycles. The maximum Gasteiger partial charge on any atom is 0.222 e. The number of nitrogens with zero attached hydrogens (tertiary/aromatic N) is 3. The van der Waals surface area contributed by atoms with Gasteiger partial charge in [0.2, 0.25) is 11.8 Å². The van der Waals surface area contributed by atoms with Crippen molar-refractivity contribution in [2.75, 3.05) is 54.4 Å². The van der Waals surface area contributed by atoms with Gasteiger partial charge >= 0.3 is 0 Å². The Morgan fingerprint density at radius 3 is 1.62 bits per heavy atom. The fraction of sp³-hybridized carbons (Fsp3) is 0.867. The van der Waals surface area contributed by atoms with Crippen LogP contribution in [0.25, 0.3) is 0 Å². The van der Waals surface area contributed by atoms with Crippen LogP contribution in [0, 0.1) is 0 Å². The van der Waals surface area contributed by atoms with Gasteiger partial charge in [-0.1, -0.05) is 0 Å². The molecule has 21 heavy (non-hydrogen) atoms. The smallest absolute Gasteiger partial charge is 0.222 e. The summed E-state index contributed by atoms with van der Waals surface area (Å²) < 4.78 is 0. The minimum atomic E-state index is -0.338. The van der Waals surface area contributed by atoms with E-state index in [0.717, 1.165) is 39.0 Å². The molecule has 0 aromatic rings. The van der Waals surface area contributed by atoms with Gasteiger partial charge in [0.15, 0.2) is 0 Å². The number of hydrogen-bond acceptors (Lipinski definition) is 4. The van der Waals surface area contributed by atoms with Crippen molar-refractivity contribution in [3.8, 4) is 0 Å². The van der Waals surface area contributed by atoms with E-state index >= 15 is 0 Å². The minimum Gasteiger partial charge on any atom is -0.370 e. The number of carbonyl (C=O) groups excluding carboxylic acids is 2. The molecule has 0 bridgehead atoms. The van der Waals surface area contributed by atoms with Crippen molar-refractivity contribution < 1.29 is 9.59 Å². The highest BCUT2D eigenvalue weighted by atomic mass is 16.2. The third-order valence-electron chi connectivity index (χ3n) is 3.23. The van der Waals surface area contributed by atoms with E-state index in [1.54, 1.807) is 0 Å². The van der Waals surface area contributed by atoms with Crippen molar-refractivity contribution in [1.82, 2.24) is 14.7 Å². The van der Waals surface area contributed by atoms with Crippen LogP contribution >= 0.6 is 0 Å². The SMILES string of the molecule is CN(C)CCCN(CCCN(C)C)C(=O)CCCC(N)=O. The first kappa shape index (κ1) is 19.9. The van der Waals surface area contributed by atoms with Gasteiger partial charge < -0.3 is 20.4 Å². The van der Waals surface area contributed by atoms with Crippen LogP contribution in [0.5, 0.6) is 0 Å².